The second kappa shape index (κ2) is 9.63. The van der Waals surface area contributed by atoms with Crippen LogP contribution in [0.4, 0.5) is 8.78 Å². The first-order valence-electron chi connectivity index (χ1n) is 12.3. The second-order valence-corrected chi connectivity index (χ2v) is 10.5. The molecule has 0 aromatic heterocycles. The van der Waals surface area contributed by atoms with Gasteiger partial charge in [0.1, 0.15) is 0 Å². The van der Waals surface area contributed by atoms with E-state index in [1.54, 1.807) is 20.1 Å². The highest BCUT2D eigenvalue weighted by Crippen LogP contribution is 2.68. The minimum absolute atomic E-state index is 0.0467. The monoisotopic (exact) mass is 463 g/mol. The van der Waals surface area contributed by atoms with Crippen molar-refractivity contribution in [3.63, 3.8) is 0 Å². The third-order valence-electron chi connectivity index (χ3n) is 8.77. The van der Waals surface area contributed by atoms with Crippen molar-refractivity contribution in [3.8, 4) is 0 Å². The lowest BCUT2D eigenvalue weighted by Gasteiger charge is -2.51. The van der Waals surface area contributed by atoms with E-state index in [0.717, 1.165) is 24.8 Å². The first-order valence-corrected chi connectivity index (χ1v) is 12.3. The molecule has 4 rings (SSSR count). The van der Waals surface area contributed by atoms with Crippen molar-refractivity contribution >= 4 is 18.5 Å². The first kappa shape index (κ1) is 24.6. The van der Waals surface area contributed by atoms with Gasteiger partial charge in [0.2, 0.25) is 5.91 Å². The van der Waals surface area contributed by atoms with Crippen LogP contribution in [0.1, 0.15) is 68.9 Å². The van der Waals surface area contributed by atoms with Crippen LogP contribution in [0.5, 0.6) is 0 Å². The summed E-state index contributed by atoms with van der Waals surface area (Å²) in [7, 11) is 0.0895. The third-order valence-corrected chi connectivity index (χ3v) is 8.77. The van der Waals surface area contributed by atoms with Crippen LogP contribution in [0.2, 0.25) is 0 Å². The maximum absolute atomic E-state index is 15.4. The van der Waals surface area contributed by atoms with Gasteiger partial charge in [-0.15, -0.1) is 0 Å². The fraction of sp³-hybridized carbons (Fsp3) is 0.720. The summed E-state index contributed by atoms with van der Waals surface area (Å²) in [6.45, 7) is 2.73. The van der Waals surface area contributed by atoms with Gasteiger partial charge in [-0.1, -0.05) is 25.1 Å². The Bertz CT molecular complexity index is 867. The normalized spacial score (nSPS) is 31.9. The summed E-state index contributed by atoms with van der Waals surface area (Å²) >= 11 is 0. The number of benzene rings is 1. The van der Waals surface area contributed by atoms with Crippen molar-refractivity contribution in [1.82, 2.24) is 5.32 Å². The van der Waals surface area contributed by atoms with Crippen LogP contribution in [0.25, 0.3) is 0 Å². The van der Waals surface area contributed by atoms with Crippen molar-refractivity contribution in [2.45, 2.75) is 70.1 Å². The maximum atomic E-state index is 15.4. The molecule has 0 radical (unpaired) electrons. The zero-order valence-corrected chi connectivity index (χ0v) is 19.7. The quantitative estimate of drug-likeness (QED) is 0.409. The van der Waals surface area contributed by atoms with Crippen LogP contribution in [0.15, 0.2) is 18.2 Å². The Morgan fingerprint density at radius 2 is 2.09 bits per heavy atom. The molecule has 2 fully saturated rings. The molecule has 1 amide bonds. The van der Waals surface area contributed by atoms with Gasteiger partial charge >= 0.3 is 7.12 Å². The van der Waals surface area contributed by atoms with E-state index in [9.17, 15) is 14.8 Å². The van der Waals surface area contributed by atoms with E-state index in [0.29, 0.717) is 44.3 Å². The largest absolute Gasteiger partial charge is 0.488 e. The minimum atomic E-state index is -2.68. The van der Waals surface area contributed by atoms with Crippen molar-refractivity contribution in [2.24, 2.45) is 23.2 Å². The molecule has 3 aliphatic rings. The van der Waals surface area contributed by atoms with Gasteiger partial charge in [-0.25, -0.2) is 8.78 Å². The maximum Gasteiger partial charge on any atom is 0.488 e. The first-order chi connectivity index (χ1) is 15.7. The number of nitrogens with one attached hydrogen (secondary N) is 1. The molecule has 3 unspecified atom stereocenters. The van der Waals surface area contributed by atoms with Crippen molar-refractivity contribution in [1.29, 1.82) is 0 Å². The number of ether oxygens (including phenoxy) is 1. The number of alkyl halides is 2. The number of rotatable bonds is 8. The number of amides is 1. The van der Waals surface area contributed by atoms with Gasteiger partial charge in [0.05, 0.1) is 6.61 Å². The molecule has 3 N–H and O–H groups in total. The predicted octanol–water partition coefficient (Wildman–Crippen LogP) is 3.02. The van der Waals surface area contributed by atoms with Gasteiger partial charge in [0.25, 0.3) is 5.92 Å². The standard InChI is InChI=1S/C25H36BF2NO4/c1-24-11-10-20-19-9-7-18(26(31)32)14-16(19)6-8-21(20)23(24)17(15-25(24,27)28)4-3-5-22(30)29-12-13-33-2/h7,9,14,17,20-21,23,31-32H,3-6,8,10-13,15H2,1-2H3,(H,29,30)/t17-,20?,21?,23?,24-/m0/s1. The van der Waals surface area contributed by atoms with Crippen LogP contribution in [-0.4, -0.2) is 49.3 Å². The second-order valence-electron chi connectivity index (χ2n) is 10.5. The lowest BCUT2D eigenvalue weighted by atomic mass is 9.53. The number of halogens is 2. The Hall–Kier alpha value is -1.51. The summed E-state index contributed by atoms with van der Waals surface area (Å²) in [4.78, 5) is 12.1. The molecule has 0 bridgehead atoms. The molecule has 5 nitrogen and oxygen atoms in total. The highest BCUT2D eigenvalue weighted by atomic mass is 19.3. The van der Waals surface area contributed by atoms with E-state index >= 15 is 8.78 Å². The summed E-state index contributed by atoms with van der Waals surface area (Å²) in [5, 5.41) is 21.9. The molecule has 0 aliphatic heterocycles. The Kier molecular flexibility index (Phi) is 7.18. The molecule has 0 heterocycles. The van der Waals surface area contributed by atoms with Gasteiger partial charge in [0, 0.05) is 31.9 Å². The van der Waals surface area contributed by atoms with Gasteiger partial charge in [-0.2, -0.15) is 0 Å². The fourth-order valence-electron chi connectivity index (χ4n) is 7.19. The van der Waals surface area contributed by atoms with E-state index in [2.05, 4.69) is 5.32 Å². The molecule has 3 aliphatic carbocycles. The average molecular weight is 463 g/mol. The molecule has 1 aromatic rings. The summed E-state index contributed by atoms with van der Waals surface area (Å²) < 4.78 is 35.6. The van der Waals surface area contributed by atoms with Crippen LogP contribution in [-0.2, 0) is 16.0 Å². The molecular formula is C25H36BF2NO4. The Labute approximate surface area is 195 Å². The number of hydrogen-bond donors (Lipinski definition) is 3. The smallest absolute Gasteiger partial charge is 0.423 e. The van der Waals surface area contributed by atoms with E-state index in [4.69, 9.17) is 4.74 Å². The summed E-state index contributed by atoms with van der Waals surface area (Å²) in [6.07, 6.45) is 4.44. The molecular weight excluding hydrogens is 427 g/mol. The van der Waals surface area contributed by atoms with Gasteiger partial charge in [-0.3, -0.25) is 4.79 Å². The summed E-state index contributed by atoms with van der Waals surface area (Å²) in [6, 6.07) is 5.60. The zero-order valence-electron chi connectivity index (χ0n) is 19.7. The summed E-state index contributed by atoms with van der Waals surface area (Å²) in [5.41, 5.74) is 1.82. The summed E-state index contributed by atoms with van der Waals surface area (Å²) in [5.74, 6) is -2.42. The number of aryl methyl sites for hydroxylation is 1. The van der Waals surface area contributed by atoms with Gasteiger partial charge in [0.15, 0.2) is 0 Å². The zero-order chi connectivity index (χ0) is 23.8. The molecule has 0 saturated heterocycles. The highest BCUT2D eigenvalue weighted by Gasteiger charge is 2.67. The van der Waals surface area contributed by atoms with Crippen LogP contribution in [0.3, 0.4) is 0 Å². The molecule has 2 saturated carbocycles. The fourth-order valence-corrected chi connectivity index (χ4v) is 7.19. The minimum Gasteiger partial charge on any atom is -0.423 e. The van der Waals surface area contributed by atoms with Crippen LogP contribution < -0.4 is 10.8 Å². The molecule has 5 atom stereocenters. The molecule has 1 aromatic carbocycles. The van der Waals surface area contributed by atoms with Crippen molar-refractivity contribution in [2.75, 3.05) is 20.3 Å². The van der Waals surface area contributed by atoms with E-state index < -0.39 is 18.5 Å². The number of carbonyl (C=O) groups excluding carboxylic acids is 1. The molecule has 0 spiro atoms. The topological polar surface area (TPSA) is 78.8 Å². The third kappa shape index (κ3) is 4.58. The number of fused-ring (bicyclic) bond motifs is 5. The Balaban J connectivity index is 1.49. The predicted molar refractivity (Wildman–Crippen MR) is 123 cm³/mol. The van der Waals surface area contributed by atoms with E-state index in [-0.39, 0.29) is 36.0 Å². The lowest BCUT2D eigenvalue weighted by Crippen LogP contribution is -2.47. The van der Waals surface area contributed by atoms with Gasteiger partial charge < -0.3 is 20.1 Å². The van der Waals surface area contributed by atoms with Crippen LogP contribution in [0, 0.1) is 23.2 Å². The number of carbonyl (C=O) groups is 1. The average Bonchev–Trinajstić information content (AvgIpc) is 2.98. The highest BCUT2D eigenvalue weighted by molar-refractivity contribution is 6.58. The van der Waals surface area contributed by atoms with Gasteiger partial charge in [-0.05, 0) is 78.8 Å². The van der Waals surface area contributed by atoms with Crippen molar-refractivity contribution < 1.29 is 28.4 Å². The Morgan fingerprint density at radius 3 is 2.82 bits per heavy atom. The number of methoxy groups -OCH3 is 1. The molecule has 182 valence electrons. The molecule has 8 heteroatoms. The SMILES string of the molecule is COCCNC(=O)CCC[C@H]1CC(F)(F)[C@@]2(C)CCC3c4ccc(B(O)O)cc4CCC3C12. The van der Waals surface area contributed by atoms with E-state index in [1.165, 1.54) is 5.56 Å². The van der Waals surface area contributed by atoms with Crippen LogP contribution >= 0.6 is 0 Å². The lowest BCUT2D eigenvalue weighted by molar-refractivity contribution is -0.133. The van der Waals surface area contributed by atoms with Crippen molar-refractivity contribution in [3.05, 3.63) is 29.3 Å². The number of hydrogen-bond acceptors (Lipinski definition) is 4. The molecule has 33 heavy (non-hydrogen) atoms. The van der Waals surface area contributed by atoms with E-state index in [1.807, 2.05) is 12.1 Å². The Morgan fingerprint density at radius 1 is 1.30 bits per heavy atom.